The van der Waals surface area contributed by atoms with Crippen molar-refractivity contribution < 1.29 is 14.3 Å². The van der Waals surface area contributed by atoms with E-state index in [-0.39, 0.29) is 18.0 Å². The molecule has 204 valence electrons. The second-order valence-corrected chi connectivity index (χ2v) is 9.67. The van der Waals surface area contributed by atoms with E-state index in [1.165, 1.54) is 4.90 Å². The first kappa shape index (κ1) is 27.7. The number of ether oxygens (including phenoxy) is 1. The van der Waals surface area contributed by atoms with Crippen LogP contribution in [0.15, 0.2) is 60.9 Å². The molecule has 2 aromatic heterocycles. The van der Waals surface area contributed by atoms with E-state index >= 15 is 0 Å². The molecular weight excluding hydrogens is 490 g/mol. The molecule has 8 nitrogen and oxygen atoms in total. The summed E-state index contributed by atoms with van der Waals surface area (Å²) < 4.78 is 5.58. The number of carbonyl (C=O) groups excluding carboxylic acids is 2. The van der Waals surface area contributed by atoms with E-state index in [0.29, 0.717) is 17.8 Å². The minimum Gasteiger partial charge on any atom is -0.496 e. The number of hydrogen-bond donors (Lipinski definition) is 2. The number of aromatic nitrogens is 2. The van der Waals surface area contributed by atoms with Crippen LogP contribution in [-0.4, -0.2) is 65.5 Å². The van der Waals surface area contributed by atoms with Crippen molar-refractivity contribution in [2.75, 3.05) is 33.1 Å². The fraction of sp³-hybridized carbons (Fsp3) is 0.323. The Hall–Kier alpha value is -4.33. The second kappa shape index (κ2) is 12.0. The zero-order chi connectivity index (χ0) is 28.1. The van der Waals surface area contributed by atoms with Gasteiger partial charge >= 0.3 is 6.03 Å². The first-order valence-electron chi connectivity index (χ1n) is 13.4. The van der Waals surface area contributed by atoms with Gasteiger partial charge in [0.05, 0.1) is 18.4 Å². The van der Waals surface area contributed by atoms with E-state index in [2.05, 4.69) is 35.2 Å². The minimum atomic E-state index is -0.205. The number of nitrogens with zero attached hydrogens (tertiary/aromatic N) is 3. The second-order valence-electron chi connectivity index (χ2n) is 9.67. The first-order valence-corrected chi connectivity index (χ1v) is 13.4. The van der Waals surface area contributed by atoms with Crippen LogP contribution in [0.5, 0.6) is 5.75 Å². The molecule has 3 amide bonds. The molecule has 0 saturated heterocycles. The van der Waals surface area contributed by atoms with E-state index in [1.54, 1.807) is 33.5 Å². The normalized spacial score (nSPS) is 11.1. The number of para-hydroxylation sites is 1. The van der Waals surface area contributed by atoms with Crippen LogP contribution in [-0.2, 0) is 0 Å². The number of amides is 3. The maximum atomic E-state index is 13.2. The van der Waals surface area contributed by atoms with Gasteiger partial charge in [-0.15, -0.1) is 0 Å². The zero-order valence-corrected chi connectivity index (χ0v) is 23.5. The molecule has 2 N–H and O–H groups in total. The Balaban J connectivity index is 1.75. The molecule has 2 aromatic carbocycles. The number of benzene rings is 2. The van der Waals surface area contributed by atoms with Crippen molar-refractivity contribution in [2.24, 2.45) is 0 Å². The molecule has 4 rings (SSSR count). The molecule has 39 heavy (non-hydrogen) atoms. The Morgan fingerprint density at radius 1 is 1.00 bits per heavy atom. The van der Waals surface area contributed by atoms with Crippen molar-refractivity contribution in [3.63, 3.8) is 0 Å². The van der Waals surface area contributed by atoms with Gasteiger partial charge in [-0.3, -0.25) is 4.79 Å². The van der Waals surface area contributed by atoms with E-state index in [0.717, 1.165) is 51.9 Å². The van der Waals surface area contributed by atoms with Gasteiger partial charge in [0.15, 0.2) is 0 Å². The summed E-state index contributed by atoms with van der Waals surface area (Å²) in [5, 5.41) is 3.94. The molecular formula is C31H37N5O3. The number of nitrogens with one attached hydrogen (secondary N) is 2. The maximum absolute atomic E-state index is 13.2. The van der Waals surface area contributed by atoms with Gasteiger partial charge in [-0.1, -0.05) is 38.1 Å². The smallest absolute Gasteiger partial charge is 0.322 e. The topological polar surface area (TPSA) is 90.6 Å². The van der Waals surface area contributed by atoms with Crippen molar-refractivity contribution in [3.05, 3.63) is 66.5 Å². The number of urea groups is 1. The average Bonchev–Trinajstić information content (AvgIpc) is 3.38. The lowest BCUT2D eigenvalue weighted by Crippen LogP contribution is -2.42. The third-order valence-electron chi connectivity index (χ3n) is 7.14. The summed E-state index contributed by atoms with van der Waals surface area (Å²) >= 11 is 0. The van der Waals surface area contributed by atoms with Gasteiger partial charge in [-0.05, 0) is 49.6 Å². The number of pyridine rings is 1. The summed E-state index contributed by atoms with van der Waals surface area (Å²) in [6.07, 6.45) is 5.45. The van der Waals surface area contributed by atoms with Gasteiger partial charge in [0.25, 0.3) is 5.91 Å². The molecule has 8 heteroatoms. The molecule has 4 aromatic rings. The SMILES string of the molecule is CCC(CC)N(CC)C(=O)Nc1ccc(-c2cnc3[nH]cc(-c4ccccc4OC)c3c2)cc1C(=O)N(C)C. The van der Waals surface area contributed by atoms with Crippen LogP contribution >= 0.6 is 0 Å². The third-order valence-corrected chi connectivity index (χ3v) is 7.14. The van der Waals surface area contributed by atoms with Gasteiger partial charge in [-0.2, -0.15) is 0 Å². The average molecular weight is 528 g/mol. The zero-order valence-electron chi connectivity index (χ0n) is 23.5. The van der Waals surface area contributed by atoms with Crippen molar-refractivity contribution in [1.29, 1.82) is 0 Å². The molecule has 0 aliphatic rings. The highest BCUT2D eigenvalue weighted by atomic mass is 16.5. The van der Waals surface area contributed by atoms with E-state index in [4.69, 9.17) is 4.74 Å². The van der Waals surface area contributed by atoms with Gasteiger partial charge in [0.1, 0.15) is 11.4 Å². The maximum Gasteiger partial charge on any atom is 0.322 e. The van der Waals surface area contributed by atoms with Gasteiger partial charge in [0, 0.05) is 61.2 Å². The molecule has 2 heterocycles. The summed E-state index contributed by atoms with van der Waals surface area (Å²) in [7, 11) is 5.07. The molecule has 0 radical (unpaired) electrons. The van der Waals surface area contributed by atoms with Crippen molar-refractivity contribution in [3.8, 4) is 28.0 Å². The van der Waals surface area contributed by atoms with Gasteiger partial charge in [-0.25, -0.2) is 9.78 Å². The van der Waals surface area contributed by atoms with E-state index in [9.17, 15) is 9.59 Å². The Bertz CT molecular complexity index is 1470. The molecule has 0 fully saturated rings. The number of carbonyl (C=O) groups is 2. The number of fused-ring (bicyclic) bond motifs is 1. The largest absolute Gasteiger partial charge is 0.496 e. The number of H-pyrrole nitrogens is 1. The Kier molecular flexibility index (Phi) is 8.54. The highest BCUT2D eigenvalue weighted by Crippen LogP contribution is 2.36. The number of aromatic amines is 1. The van der Waals surface area contributed by atoms with Crippen LogP contribution in [0, 0.1) is 0 Å². The third kappa shape index (κ3) is 5.60. The van der Waals surface area contributed by atoms with Crippen molar-refractivity contribution in [1.82, 2.24) is 19.8 Å². The quantitative estimate of drug-likeness (QED) is 0.255. The van der Waals surface area contributed by atoms with Crippen LogP contribution in [0.25, 0.3) is 33.3 Å². The van der Waals surface area contributed by atoms with Crippen LogP contribution in [0.1, 0.15) is 44.0 Å². The fourth-order valence-corrected chi connectivity index (χ4v) is 4.99. The van der Waals surface area contributed by atoms with Crippen LogP contribution < -0.4 is 10.1 Å². The monoisotopic (exact) mass is 527 g/mol. The summed E-state index contributed by atoms with van der Waals surface area (Å²) in [5.74, 6) is 0.584. The van der Waals surface area contributed by atoms with Crippen LogP contribution in [0.4, 0.5) is 10.5 Å². The minimum absolute atomic E-state index is 0.138. The first-order chi connectivity index (χ1) is 18.8. The van der Waals surface area contributed by atoms with Crippen molar-refractivity contribution in [2.45, 2.75) is 39.7 Å². The fourth-order valence-electron chi connectivity index (χ4n) is 4.99. The van der Waals surface area contributed by atoms with Gasteiger partial charge in [0.2, 0.25) is 0 Å². The summed E-state index contributed by atoms with van der Waals surface area (Å²) in [4.78, 5) is 37.7. The molecule has 0 spiro atoms. The number of methoxy groups -OCH3 is 1. The molecule has 0 bridgehead atoms. The molecule has 0 aliphatic heterocycles. The van der Waals surface area contributed by atoms with Gasteiger partial charge < -0.3 is 24.8 Å². The Morgan fingerprint density at radius 2 is 1.74 bits per heavy atom. The molecule has 0 saturated carbocycles. The van der Waals surface area contributed by atoms with Crippen LogP contribution in [0.3, 0.4) is 0 Å². The highest BCUT2D eigenvalue weighted by Gasteiger charge is 2.23. The standard InChI is InChI=1S/C31H37N5O3/c1-7-22(8-2)36(9-3)31(38)34-27-15-14-20(16-25(27)30(37)35(4)5)21-17-24-26(19-33-29(24)32-18-21)23-12-10-11-13-28(23)39-6/h10-19,22H,7-9H2,1-6H3,(H,32,33)(H,34,38). The number of rotatable bonds is 9. The highest BCUT2D eigenvalue weighted by molar-refractivity contribution is 6.05. The predicted octanol–water partition coefficient (Wildman–Crippen LogP) is 6.65. The number of hydrogen-bond acceptors (Lipinski definition) is 4. The van der Waals surface area contributed by atoms with Crippen molar-refractivity contribution >= 4 is 28.7 Å². The lowest BCUT2D eigenvalue weighted by molar-refractivity contribution is 0.0828. The van der Waals surface area contributed by atoms with E-state index < -0.39 is 0 Å². The summed E-state index contributed by atoms with van der Waals surface area (Å²) in [6, 6.07) is 15.4. The summed E-state index contributed by atoms with van der Waals surface area (Å²) in [5.41, 5.74) is 5.29. The molecule has 0 atom stereocenters. The Morgan fingerprint density at radius 3 is 2.41 bits per heavy atom. The lowest BCUT2D eigenvalue weighted by Gasteiger charge is -2.30. The summed E-state index contributed by atoms with van der Waals surface area (Å²) in [6.45, 7) is 6.71. The molecule has 0 unspecified atom stereocenters. The molecule has 0 aliphatic carbocycles. The Labute approximate surface area is 230 Å². The van der Waals surface area contributed by atoms with E-state index in [1.807, 2.05) is 54.4 Å². The number of anilines is 1. The lowest BCUT2D eigenvalue weighted by atomic mass is 9.99. The van der Waals surface area contributed by atoms with Crippen LogP contribution in [0.2, 0.25) is 0 Å². The predicted molar refractivity (Wildman–Crippen MR) is 157 cm³/mol.